The summed E-state index contributed by atoms with van der Waals surface area (Å²) in [6, 6.07) is 12.6. The molecule has 2 bridgehead atoms. The Morgan fingerprint density at radius 1 is 0.727 bits per heavy atom. The maximum Gasteiger partial charge on any atom is 0.449 e. The van der Waals surface area contributed by atoms with Gasteiger partial charge in [0.1, 0.15) is 23.7 Å². The monoisotopic (exact) mass is 784 g/mol. The van der Waals surface area contributed by atoms with E-state index >= 15 is 0 Å². The average molecular weight is 787 g/mol. The van der Waals surface area contributed by atoms with Gasteiger partial charge in [-0.15, -0.1) is 0 Å². The summed E-state index contributed by atoms with van der Waals surface area (Å²) in [5.41, 5.74) is 0. The van der Waals surface area contributed by atoms with Gasteiger partial charge in [-0.05, 0) is 60.4 Å². The molecular formula is C28H34Br2O12S2. The highest BCUT2D eigenvalue weighted by atomic mass is 79.9. The van der Waals surface area contributed by atoms with Gasteiger partial charge in [-0.3, -0.25) is 0 Å². The Hall–Kier alpha value is -1.34. The molecule has 16 heteroatoms. The molecule has 3 aliphatic rings. The summed E-state index contributed by atoms with van der Waals surface area (Å²) in [6.45, 7) is 7.62. The fourth-order valence-corrected chi connectivity index (χ4v) is 7.59. The maximum absolute atomic E-state index is 12.8. The number of hydrogen-bond acceptors (Lipinski definition) is 12. The molecule has 2 aromatic carbocycles. The standard InChI is InChI=1S/C28H34Br2O12S2/c1-15-16(2)23(14-36-43(31,32)40-21-9-5-19(29)6-10-21)37-27(17(15)3)39-25-18(4)26(28-35-13-24(25)38-28)42-44(33,34)41-22-11-7-20(30)8-12-22/h5-12,15-18,23-28H,13-14H2,1-4H3/t15-,16-,17?,18-,23?,24?,25-,26?,27?,28+/m0/s1. The van der Waals surface area contributed by atoms with Crippen molar-refractivity contribution < 1.29 is 52.5 Å². The van der Waals surface area contributed by atoms with Crippen molar-refractivity contribution in [2.75, 3.05) is 13.2 Å². The van der Waals surface area contributed by atoms with Gasteiger partial charge >= 0.3 is 20.8 Å². The number of hydrogen-bond donors (Lipinski definition) is 0. The zero-order chi connectivity index (χ0) is 31.8. The van der Waals surface area contributed by atoms with E-state index in [-0.39, 0.29) is 42.5 Å². The SMILES string of the molecule is CC1C(O[C@@H]2C3CO[C@H](O3)C(OS(=O)(=O)Oc3ccc(Br)cc3)[C@H]2C)OC(COS(=O)(=O)Oc2ccc(Br)cc2)[C@@H](C)[C@@H]1C. The van der Waals surface area contributed by atoms with Crippen molar-refractivity contribution >= 4 is 52.7 Å². The molecule has 0 aromatic heterocycles. The second-order valence-electron chi connectivity index (χ2n) is 11.2. The van der Waals surface area contributed by atoms with Gasteiger partial charge in [0, 0.05) is 20.8 Å². The Bertz CT molecular complexity index is 1490. The zero-order valence-electron chi connectivity index (χ0n) is 24.3. The number of fused-ring (bicyclic) bond motifs is 2. The molecule has 44 heavy (non-hydrogen) atoms. The van der Waals surface area contributed by atoms with E-state index in [2.05, 4.69) is 31.9 Å². The number of rotatable bonds is 11. The highest BCUT2D eigenvalue weighted by molar-refractivity contribution is 9.10. The van der Waals surface area contributed by atoms with Crippen LogP contribution in [0.4, 0.5) is 0 Å². The smallest absolute Gasteiger partial charge is 0.362 e. The lowest BCUT2D eigenvalue weighted by Gasteiger charge is -2.46. The van der Waals surface area contributed by atoms with E-state index in [1.54, 1.807) is 31.2 Å². The molecule has 3 aliphatic heterocycles. The van der Waals surface area contributed by atoms with E-state index in [4.69, 9.17) is 35.7 Å². The quantitative estimate of drug-likeness (QED) is 0.304. The van der Waals surface area contributed by atoms with Gasteiger partial charge in [-0.25, -0.2) is 8.37 Å². The molecule has 0 radical (unpaired) electrons. The van der Waals surface area contributed by atoms with Gasteiger partial charge in [0.05, 0.1) is 25.4 Å². The van der Waals surface area contributed by atoms with Crippen LogP contribution in [0.25, 0.3) is 0 Å². The van der Waals surface area contributed by atoms with E-state index in [0.717, 1.165) is 8.95 Å². The Morgan fingerprint density at radius 2 is 1.30 bits per heavy atom. The number of ether oxygens (including phenoxy) is 4. The summed E-state index contributed by atoms with van der Waals surface area (Å²) in [6.07, 6.45) is -4.58. The fourth-order valence-electron chi connectivity index (χ4n) is 5.44. The molecular weight excluding hydrogens is 752 g/mol. The van der Waals surface area contributed by atoms with Crippen molar-refractivity contribution in [1.82, 2.24) is 0 Å². The van der Waals surface area contributed by atoms with Crippen molar-refractivity contribution in [3.63, 3.8) is 0 Å². The average Bonchev–Trinajstić information content (AvgIpc) is 3.41. The summed E-state index contributed by atoms with van der Waals surface area (Å²) >= 11 is 6.58. The molecule has 0 spiro atoms. The minimum atomic E-state index is -4.49. The number of benzene rings is 2. The van der Waals surface area contributed by atoms with Gasteiger partial charge in [0.25, 0.3) is 0 Å². The second-order valence-corrected chi connectivity index (χ2v) is 15.4. The van der Waals surface area contributed by atoms with Crippen molar-refractivity contribution in [1.29, 1.82) is 0 Å². The van der Waals surface area contributed by atoms with Crippen molar-refractivity contribution in [2.45, 2.75) is 64.7 Å². The third-order valence-corrected chi connectivity index (χ3v) is 11.0. The summed E-state index contributed by atoms with van der Waals surface area (Å²) in [5, 5.41) is 0. The molecule has 5 unspecified atom stereocenters. The minimum Gasteiger partial charge on any atom is -0.362 e. The maximum atomic E-state index is 12.8. The molecule has 10 atom stereocenters. The first-order valence-electron chi connectivity index (χ1n) is 14.0. The first kappa shape index (κ1) is 34.0. The predicted molar refractivity (Wildman–Crippen MR) is 163 cm³/mol. The molecule has 3 heterocycles. The van der Waals surface area contributed by atoms with E-state index in [0.29, 0.717) is 0 Å². The molecule has 0 saturated carbocycles. The Labute approximate surface area is 274 Å². The summed E-state index contributed by atoms with van der Waals surface area (Å²) in [4.78, 5) is 0. The van der Waals surface area contributed by atoms with Crippen molar-refractivity contribution in [3.05, 3.63) is 57.5 Å². The van der Waals surface area contributed by atoms with E-state index in [9.17, 15) is 16.8 Å². The third kappa shape index (κ3) is 8.14. The molecule has 5 rings (SSSR count). The Morgan fingerprint density at radius 3 is 1.89 bits per heavy atom. The van der Waals surface area contributed by atoms with Gasteiger partial charge in [-0.2, -0.15) is 16.8 Å². The number of halogens is 2. The van der Waals surface area contributed by atoms with Gasteiger partial charge < -0.3 is 27.3 Å². The Balaban J connectivity index is 1.24. The first-order chi connectivity index (χ1) is 20.7. The molecule has 3 fully saturated rings. The molecule has 244 valence electrons. The fraction of sp³-hybridized carbons (Fsp3) is 0.571. The Kier molecular flexibility index (Phi) is 10.7. The van der Waals surface area contributed by atoms with Crippen LogP contribution in [0.15, 0.2) is 57.5 Å². The minimum absolute atomic E-state index is 0.0524. The zero-order valence-corrected chi connectivity index (χ0v) is 29.1. The molecule has 3 saturated heterocycles. The normalized spacial score (nSPS) is 34.0. The van der Waals surface area contributed by atoms with E-state index in [1.165, 1.54) is 24.3 Å². The van der Waals surface area contributed by atoms with Gasteiger partial charge in [0.2, 0.25) is 0 Å². The van der Waals surface area contributed by atoms with Crippen molar-refractivity contribution in [2.24, 2.45) is 23.7 Å². The summed E-state index contributed by atoms with van der Waals surface area (Å²) in [7, 11) is -8.86. The largest absolute Gasteiger partial charge is 0.449 e. The molecule has 0 N–H and O–H groups in total. The van der Waals surface area contributed by atoms with Crippen LogP contribution in [-0.4, -0.2) is 67.0 Å². The predicted octanol–water partition coefficient (Wildman–Crippen LogP) is 4.97. The highest BCUT2D eigenvalue weighted by Crippen LogP contribution is 2.41. The third-order valence-electron chi connectivity index (χ3n) is 8.31. The molecule has 0 amide bonds. The van der Waals surface area contributed by atoms with Gasteiger partial charge in [-0.1, -0.05) is 59.6 Å². The van der Waals surface area contributed by atoms with Crippen LogP contribution in [0.1, 0.15) is 27.7 Å². The van der Waals surface area contributed by atoms with E-state index < -0.39 is 63.7 Å². The van der Waals surface area contributed by atoms with Crippen molar-refractivity contribution in [3.8, 4) is 11.5 Å². The van der Waals surface area contributed by atoms with Gasteiger partial charge in [0.15, 0.2) is 12.6 Å². The second kappa shape index (κ2) is 13.8. The van der Waals surface area contributed by atoms with E-state index in [1.807, 2.05) is 20.8 Å². The topological polar surface area (TPSA) is 142 Å². The van der Waals surface area contributed by atoms with Crippen LogP contribution in [-0.2, 0) is 48.1 Å². The molecule has 12 nitrogen and oxygen atoms in total. The van der Waals surface area contributed by atoms with Crippen LogP contribution in [0, 0.1) is 23.7 Å². The van der Waals surface area contributed by atoms with Crippen LogP contribution in [0.2, 0.25) is 0 Å². The summed E-state index contributed by atoms with van der Waals surface area (Å²) in [5.74, 6) is -0.447. The lowest BCUT2D eigenvalue weighted by molar-refractivity contribution is -0.301. The van der Waals surface area contributed by atoms with Crippen LogP contribution >= 0.6 is 31.9 Å². The molecule has 2 aromatic rings. The lowest BCUT2D eigenvalue weighted by Crippen LogP contribution is -2.55. The lowest BCUT2D eigenvalue weighted by atomic mass is 9.79. The van der Waals surface area contributed by atoms with Crippen LogP contribution in [0.3, 0.4) is 0 Å². The summed E-state index contributed by atoms with van der Waals surface area (Å²) < 4.78 is 97.5. The highest BCUT2D eigenvalue weighted by Gasteiger charge is 2.54. The van der Waals surface area contributed by atoms with Crippen LogP contribution < -0.4 is 8.37 Å². The molecule has 0 aliphatic carbocycles. The van der Waals surface area contributed by atoms with Crippen LogP contribution in [0.5, 0.6) is 11.5 Å². The first-order valence-corrected chi connectivity index (χ1v) is 18.3.